The lowest BCUT2D eigenvalue weighted by Crippen LogP contribution is -2.32. The maximum absolute atomic E-state index is 5.60. The van der Waals surface area contributed by atoms with E-state index in [2.05, 4.69) is 20.9 Å². The molecule has 2 heterocycles. The molecule has 1 aliphatic rings. The second-order valence-corrected chi connectivity index (χ2v) is 5.55. The molecule has 0 bridgehead atoms. The zero-order valence-corrected chi connectivity index (χ0v) is 12.4. The van der Waals surface area contributed by atoms with Gasteiger partial charge in [0.05, 0.1) is 5.52 Å². The van der Waals surface area contributed by atoms with Crippen molar-refractivity contribution < 1.29 is 0 Å². The van der Waals surface area contributed by atoms with Gasteiger partial charge in [0.2, 0.25) is 5.95 Å². The summed E-state index contributed by atoms with van der Waals surface area (Å²) >= 11 is 0. The molecule has 0 spiro atoms. The van der Waals surface area contributed by atoms with Crippen molar-refractivity contribution in [2.75, 3.05) is 44.2 Å². The molecule has 5 heteroatoms. The van der Waals surface area contributed by atoms with E-state index in [0.717, 1.165) is 69.0 Å². The van der Waals surface area contributed by atoms with Crippen LogP contribution >= 0.6 is 0 Å². The largest absolute Gasteiger partial charge is 0.339 e. The minimum absolute atomic E-state index is 0.772. The monoisotopic (exact) mass is 285 g/mol. The summed E-state index contributed by atoms with van der Waals surface area (Å²) in [5.74, 6) is 0.856. The fourth-order valence-electron chi connectivity index (χ4n) is 2.82. The Morgan fingerprint density at radius 3 is 2.90 bits per heavy atom. The summed E-state index contributed by atoms with van der Waals surface area (Å²) < 4.78 is 0. The standard InChI is InChI=1S/C16H23N5/c17-7-3-8-20-9-4-10-21(12-11-20)16-18-13-14-5-1-2-6-15(14)19-16/h1-2,5-6,13H,3-4,7-12,17H2. The number of fused-ring (bicyclic) bond motifs is 1. The number of benzene rings is 1. The molecule has 1 aliphatic heterocycles. The molecule has 0 radical (unpaired) electrons. The summed E-state index contributed by atoms with van der Waals surface area (Å²) in [6.45, 7) is 6.09. The minimum Gasteiger partial charge on any atom is -0.339 e. The van der Waals surface area contributed by atoms with Gasteiger partial charge in [0.1, 0.15) is 0 Å². The lowest BCUT2D eigenvalue weighted by molar-refractivity contribution is 0.291. The van der Waals surface area contributed by atoms with Crippen molar-refractivity contribution in [3.05, 3.63) is 30.5 Å². The molecule has 5 nitrogen and oxygen atoms in total. The number of nitrogens with two attached hydrogens (primary N) is 1. The molecular formula is C16H23N5. The Balaban J connectivity index is 1.70. The number of para-hydroxylation sites is 1. The van der Waals surface area contributed by atoms with Gasteiger partial charge in [0.15, 0.2) is 0 Å². The van der Waals surface area contributed by atoms with E-state index in [1.807, 2.05) is 24.4 Å². The van der Waals surface area contributed by atoms with Crippen LogP contribution in [0.3, 0.4) is 0 Å². The maximum Gasteiger partial charge on any atom is 0.225 e. The van der Waals surface area contributed by atoms with E-state index in [1.54, 1.807) is 0 Å². The van der Waals surface area contributed by atoms with Crippen molar-refractivity contribution in [1.29, 1.82) is 0 Å². The number of aromatic nitrogens is 2. The first-order valence-electron chi connectivity index (χ1n) is 7.76. The Kier molecular flexibility index (Phi) is 4.62. The van der Waals surface area contributed by atoms with Crippen LogP contribution in [-0.4, -0.2) is 54.1 Å². The van der Waals surface area contributed by atoms with Gasteiger partial charge in [0.25, 0.3) is 0 Å². The van der Waals surface area contributed by atoms with Crippen molar-refractivity contribution in [2.24, 2.45) is 5.73 Å². The van der Waals surface area contributed by atoms with E-state index in [1.165, 1.54) is 0 Å². The quantitative estimate of drug-likeness (QED) is 0.922. The van der Waals surface area contributed by atoms with E-state index < -0.39 is 0 Å². The average molecular weight is 285 g/mol. The SMILES string of the molecule is NCCCN1CCCN(c2ncc3ccccc3n2)CC1. The lowest BCUT2D eigenvalue weighted by Gasteiger charge is -2.21. The summed E-state index contributed by atoms with van der Waals surface area (Å²) in [4.78, 5) is 14.0. The Morgan fingerprint density at radius 1 is 1.10 bits per heavy atom. The van der Waals surface area contributed by atoms with E-state index in [9.17, 15) is 0 Å². The molecule has 0 aliphatic carbocycles. The van der Waals surface area contributed by atoms with Crippen LogP contribution in [0.5, 0.6) is 0 Å². The van der Waals surface area contributed by atoms with Crippen LogP contribution in [0.1, 0.15) is 12.8 Å². The fraction of sp³-hybridized carbons (Fsp3) is 0.500. The highest BCUT2D eigenvalue weighted by Crippen LogP contribution is 2.16. The molecule has 1 aromatic carbocycles. The van der Waals surface area contributed by atoms with Crippen LogP contribution in [0.15, 0.2) is 30.5 Å². The highest BCUT2D eigenvalue weighted by Gasteiger charge is 2.16. The zero-order valence-electron chi connectivity index (χ0n) is 12.4. The van der Waals surface area contributed by atoms with E-state index in [0.29, 0.717) is 0 Å². The van der Waals surface area contributed by atoms with Gasteiger partial charge in [-0.1, -0.05) is 18.2 Å². The maximum atomic E-state index is 5.60. The smallest absolute Gasteiger partial charge is 0.225 e. The molecule has 21 heavy (non-hydrogen) atoms. The van der Waals surface area contributed by atoms with Crippen molar-refractivity contribution >= 4 is 16.9 Å². The minimum atomic E-state index is 0.772. The normalized spacial score (nSPS) is 17.1. The van der Waals surface area contributed by atoms with Crippen LogP contribution in [0.4, 0.5) is 5.95 Å². The first-order chi connectivity index (χ1) is 10.4. The molecule has 1 saturated heterocycles. The average Bonchev–Trinajstić information content (AvgIpc) is 2.78. The Morgan fingerprint density at radius 2 is 2.00 bits per heavy atom. The van der Waals surface area contributed by atoms with Crippen LogP contribution in [0.2, 0.25) is 0 Å². The highest BCUT2D eigenvalue weighted by atomic mass is 15.3. The van der Waals surface area contributed by atoms with Gasteiger partial charge < -0.3 is 15.5 Å². The molecule has 2 aromatic rings. The van der Waals surface area contributed by atoms with E-state index >= 15 is 0 Å². The predicted octanol–water partition coefficient (Wildman–Crippen LogP) is 1.49. The molecule has 1 fully saturated rings. The van der Waals surface area contributed by atoms with Crippen LogP contribution in [-0.2, 0) is 0 Å². The van der Waals surface area contributed by atoms with Crippen molar-refractivity contribution in [1.82, 2.24) is 14.9 Å². The second kappa shape index (κ2) is 6.83. The molecule has 0 amide bonds. The van der Waals surface area contributed by atoms with E-state index in [-0.39, 0.29) is 0 Å². The molecule has 0 unspecified atom stereocenters. The van der Waals surface area contributed by atoms with Crippen molar-refractivity contribution in [2.45, 2.75) is 12.8 Å². The number of hydrogen-bond acceptors (Lipinski definition) is 5. The lowest BCUT2D eigenvalue weighted by atomic mass is 10.2. The molecule has 1 aromatic heterocycles. The second-order valence-electron chi connectivity index (χ2n) is 5.55. The highest BCUT2D eigenvalue weighted by molar-refractivity contribution is 5.78. The third kappa shape index (κ3) is 3.49. The Labute approximate surface area is 125 Å². The molecule has 112 valence electrons. The predicted molar refractivity (Wildman–Crippen MR) is 86.5 cm³/mol. The Bertz CT molecular complexity index is 586. The first kappa shape index (κ1) is 14.2. The zero-order chi connectivity index (χ0) is 14.5. The third-order valence-electron chi connectivity index (χ3n) is 4.03. The van der Waals surface area contributed by atoms with Crippen molar-refractivity contribution in [3.63, 3.8) is 0 Å². The van der Waals surface area contributed by atoms with Crippen molar-refractivity contribution in [3.8, 4) is 0 Å². The van der Waals surface area contributed by atoms with Gasteiger partial charge in [-0.15, -0.1) is 0 Å². The summed E-state index contributed by atoms with van der Waals surface area (Å²) in [5, 5.41) is 1.10. The number of hydrogen-bond donors (Lipinski definition) is 1. The third-order valence-corrected chi connectivity index (χ3v) is 4.03. The molecule has 2 N–H and O–H groups in total. The Hall–Kier alpha value is -1.72. The molecular weight excluding hydrogens is 262 g/mol. The fourth-order valence-corrected chi connectivity index (χ4v) is 2.82. The number of nitrogens with zero attached hydrogens (tertiary/aromatic N) is 4. The van der Waals surface area contributed by atoms with Gasteiger partial charge in [-0.05, 0) is 38.5 Å². The summed E-state index contributed by atoms with van der Waals surface area (Å²) in [7, 11) is 0. The van der Waals surface area contributed by atoms with Gasteiger partial charge in [-0.3, -0.25) is 0 Å². The molecule has 3 rings (SSSR count). The topological polar surface area (TPSA) is 58.3 Å². The van der Waals surface area contributed by atoms with E-state index in [4.69, 9.17) is 10.7 Å². The first-order valence-corrected chi connectivity index (χ1v) is 7.76. The number of rotatable bonds is 4. The molecule has 0 saturated carbocycles. The number of anilines is 1. The van der Waals surface area contributed by atoms with Gasteiger partial charge in [0, 0.05) is 31.2 Å². The summed E-state index contributed by atoms with van der Waals surface area (Å²) in [5.41, 5.74) is 6.62. The summed E-state index contributed by atoms with van der Waals surface area (Å²) in [6.07, 6.45) is 4.15. The summed E-state index contributed by atoms with van der Waals surface area (Å²) in [6, 6.07) is 8.14. The van der Waals surface area contributed by atoms with Crippen LogP contribution in [0, 0.1) is 0 Å². The van der Waals surface area contributed by atoms with Crippen LogP contribution < -0.4 is 10.6 Å². The van der Waals surface area contributed by atoms with Crippen LogP contribution in [0.25, 0.3) is 10.9 Å². The van der Waals surface area contributed by atoms with Gasteiger partial charge in [-0.25, -0.2) is 9.97 Å². The van der Waals surface area contributed by atoms with Gasteiger partial charge in [-0.2, -0.15) is 0 Å². The van der Waals surface area contributed by atoms with Gasteiger partial charge >= 0.3 is 0 Å². The molecule has 0 atom stereocenters.